The third kappa shape index (κ3) is 7.25. The molecule has 30 heavy (non-hydrogen) atoms. The number of ether oxygens (including phenoxy) is 2. The highest BCUT2D eigenvalue weighted by atomic mass is 32.2. The summed E-state index contributed by atoms with van der Waals surface area (Å²) in [6.45, 7) is 5.08. The summed E-state index contributed by atoms with van der Waals surface area (Å²) in [6, 6.07) is 6.32. The Morgan fingerprint density at radius 3 is 2.27 bits per heavy atom. The van der Waals surface area contributed by atoms with Gasteiger partial charge in [0.05, 0.1) is 7.11 Å². The van der Waals surface area contributed by atoms with Gasteiger partial charge in [-0.25, -0.2) is 9.59 Å². The predicted octanol–water partition coefficient (Wildman–Crippen LogP) is 2.43. The molecule has 164 valence electrons. The summed E-state index contributed by atoms with van der Waals surface area (Å²) in [7, 11) is 1.58. The number of nitrogens with one attached hydrogen (secondary N) is 1. The van der Waals surface area contributed by atoms with E-state index in [2.05, 4.69) is 5.32 Å². The molecule has 9 nitrogen and oxygen atoms in total. The number of imide groups is 1. The maximum Gasteiger partial charge on any atom is 0.408 e. The number of methoxy groups -OCH3 is 1. The molecule has 0 aliphatic carbocycles. The standard InChI is InChI=1S/C20H26N2O7S/c1-20(2,3)28-19(26)21-15(18(25)29-22-16(23)9-10-17(22)24)12-30-11-13-5-7-14(27-4)8-6-13/h5-8,15H,9-12H2,1-4H3,(H,21,26). The van der Waals surface area contributed by atoms with Crippen molar-refractivity contribution in [3.8, 4) is 5.75 Å². The largest absolute Gasteiger partial charge is 0.497 e. The van der Waals surface area contributed by atoms with Gasteiger partial charge in [-0.1, -0.05) is 12.1 Å². The zero-order chi connectivity index (χ0) is 22.3. The topological polar surface area (TPSA) is 111 Å². The van der Waals surface area contributed by atoms with Gasteiger partial charge < -0.3 is 19.6 Å². The first kappa shape index (κ1) is 23.5. The second-order valence-electron chi connectivity index (χ2n) is 7.55. The van der Waals surface area contributed by atoms with Gasteiger partial charge in [0.25, 0.3) is 11.8 Å². The zero-order valence-electron chi connectivity index (χ0n) is 17.4. The molecule has 0 saturated carbocycles. The number of benzene rings is 1. The van der Waals surface area contributed by atoms with E-state index in [1.807, 2.05) is 24.3 Å². The fraction of sp³-hybridized carbons (Fsp3) is 0.500. The Morgan fingerprint density at radius 1 is 1.13 bits per heavy atom. The molecular formula is C20H26N2O7S. The molecule has 1 N–H and O–H groups in total. The molecule has 0 spiro atoms. The summed E-state index contributed by atoms with van der Waals surface area (Å²) in [4.78, 5) is 53.0. The highest BCUT2D eigenvalue weighted by Gasteiger charge is 2.35. The van der Waals surface area contributed by atoms with E-state index in [9.17, 15) is 19.2 Å². The number of alkyl carbamates (subject to hydrolysis) is 1. The van der Waals surface area contributed by atoms with Crippen LogP contribution < -0.4 is 10.1 Å². The minimum Gasteiger partial charge on any atom is -0.497 e. The quantitative estimate of drug-likeness (QED) is 0.616. The van der Waals surface area contributed by atoms with Gasteiger partial charge in [-0.15, -0.1) is 5.06 Å². The number of hydrogen-bond donors (Lipinski definition) is 1. The minimum atomic E-state index is -1.11. The molecule has 1 unspecified atom stereocenters. The molecular weight excluding hydrogens is 412 g/mol. The number of nitrogens with zero attached hydrogens (tertiary/aromatic N) is 1. The van der Waals surface area contributed by atoms with E-state index in [-0.39, 0.29) is 18.6 Å². The van der Waals surface area contributed by atoms with Crippen LogP contribution >= 0.6 is 11.8 Å². The van der Waals surface area contributed by atoms with E-state index in [4.69, 9.17) is 14.3 Å². The molecule has 1 aliphatic heterocycles. The molecule has 1 saturated heterocycles. The number of amides is 3. The van der Waals surface area contributed by atoms with E-state index < -0.39 is 35.5 Å². The molecule has 1 aromatic rings. The number of carbonyl (C=O) groups is 4. The molecule has 1 atom stereocenters. The van der Waals surface area contributed by atoms with Crippen LogP contribution in [0.1, 0.15) is 39.2 Å². The molecule has 1 heterocycles. The van der Waals surface area contributed by atoms with Gasteiger partial charge in [-0.05, 0) is 38.5 Å². The molecule has 1 fully saturated rings. The number of hydrogen-bond acceptors (Lipinski definition) is 8. The normalized spacial score (nSPS) is 15.0. The Bertz CT molecular complexity index is 773. The van der Waals surface area contributed by atoms with Gasteiger partial charge >= 0.3 is 12.1 Å². The lowest BCUT2D eigenvalue weighted by molar-refractivity contribution is -0.198. The van der Waals surface area contributed by atoms with Gasteiger partial charge in [0.1, 0.15) is 17.4 Å². The fourth-order valence-corrected chi connectivity index (χ4v) is 3.45. The van der Waals surface area contributed by atoms with Gasteiger partial charge in [-0.2, -0.15) is 11.8 Å². The SMILES string of the molecule is COc1ccc(CSCC(NC(=O)OC(C)(C)C)C(=O)ON2C(=O)CCC2=O)cc1. The van der Waals surface area contributed by atoms with Crippen molar-refractivity contribution in [3.05, 3.63) is 29.8 Å². The van der Waals surface area contributed by atoms with Crippen molar-refractivity contribution < 1.29 is 33.5 Å². The van der Waals surface area contributed by atoms with E-state index in [0.29, 0.717) is 10.8 Å². The first-order valence-corrected chi connectivity index (χ1v) is 10.5. The van der Waals surface area contributed by atoms with E-state index in [0.717, 1.165) is 11.3 Å². The summed E-state index contributed by atoms with van der Waals surface area (Å²) in [6.07, 6.45) is -0.820. The van der Waals surface area contributed by atoms with Crippen LogP contribution in [0.4, 0.5) is 4.79 Å². The highest BCUT2D eigenvalue weighted by molar-refractivity contribution is 7.98. The Kier molecular flexibility index (Phi) is 8.10. The number of hydroxylamine groups is 2. The zero-order valence-corrected chi connectivity index (χ0v) is 18.2. The lowest BCUT2D eigenvalue weighted by atomic mass is 10.2. The Labute approximate surface area is 179 Å². The molecule has 0 aromatic heterocycles. The van der Waals surface area contributed by atoms with Crippen molar-refractivity contribution in [2.75, 3.05) is 12.9 Å². The molecule has 10 heteroatoms. The average Bonchev–Trinajstić information content (AvgIpc) is 2.98. The predicted molar refractivity (Wildman–Crippen MR) is 109 cm³/mol. The molecule has 0 radical (unpaired) electrons. The van der Waals surface area contributed by atoms with Crippen molar-refractivity contribution in [2.45, 2.75) is 51.0 Å². The molecule has 0 bridgehead atoms. The van der Waals surface area contributed by atoms with Crippen LogP contribution in [0.25, 0.3) is 0 Å². The van der Waals surface area contributed by atoms with Crippen LogP contribution in [0.3, 0.4) is 0 Å². The Balaban J connectivity index is 1.99. The number of rotatable bonds is 8. The first-order valence-electron chi connectivity index (χ1n) is 9.37. The van der Waals surface area contributed by atoms with E-state index in [1.165, 1.54) is 11.8 Å². The van der Waals surface area contributed by atoms with Gasteiger partial charge in [0.15, 0.2) is 0 Å². The summed E-state index contributed by atoms with van der Waals surface area (Å²) >= 11 is 1.38. The van der Waals surface area contributed by atoms with Crippen LogP contribution in [0.5, 0.6) is 5.75 Å². The van der Waals surface area contributed by atoms with Crippen LogP contribution in [-0.2, 0) is 29.7 Å². The van der Waals surface area contributed by atoms with Crippen LogP contribution in [0.15, 0.2) is 24.3 Å². The summed E-state index contributed by atoms with van der Waals surface area (Å²) < 4.78 is 10.3. The molecule has 3 amide bonds. The van der Waals surface area contributed by atoms with Gasteiger partial charge in [-0.3, -0.25) is 9.59 Å². The molecule has 1 aromatic carbocycles. The van der Waals surface area contributed by atoms with Crippen molar-refractivity contribution in [2.24, 2.45) is 0 Å². The van der Waals surface area contributed by atoms with E-state index >= 15 is 0 Å². The minimum absolute atomic E-state index is 0.0114. The average molecular weight is 439 g/mol. The third-order valence-corrected chi connectivity index (χ3v) is 4.98. The smallest absolute Gasteiger partial charge is 0.408 e. The number of carbonyl (C=O) groups excluding carboxylic acids is 4. The van der Waals surface area contributed by atoms with Crippen LogP contribution in [-0.4, -0.2) is 53.4 Å². The molecule has 1 aliphatic rings. The van der Waals surface area contributed by atoms with Crippen LogP contribution in [0.2, 0.25) is 0 Å². The van der Waals surface area contributed by atoms with Crippen molar-refractivity contribution in [1.29, 1.82) is 0 Å². The lowest BCUT2D eigenvalue weighted by Crippen LogP contribution is -2.48. The first-order chi connectivity index (χ1) is 14.1. The van der Waals surface area contributed by atoms with Gasteiger partial charge in [0.2, 0.25) is 0 Å². The summed E-state index contributed by atoms with van der Waals surface area (Å²) in [5.41, 5.74) is 0.241. The highest BCUT2D eigenvalue weighted by Crippen LogP contribution is 2.19. The molecule has 2 rings (SSSR count). The van der Waals surface area contributed by atoms with Gasteiger partial charge in [0, 0.05) is 24.3 Å². The number of thioether (sulfide) groups is 1. The second-order valence-corrected chi connectivity index (χ2v) is 8.58. The maximum atomic E-state index is 12.5. The van der Waals surface area contributed by atoms with E-state index in [1.54, 1.807) is 27.9 Å². The van der Waals surface area contributed by atoms with Crippen molar-refractivity contribution in [3.63, 3.8) is 0 Å². The van der Waals surface area contributed by atoms with Crippen molar-refractivity contribution in [1.82, 2.24) is 10.4 Å². The lowest BCUT2D eigenvalue weighted by Gasteiger charge is -2.23. The monoisotopic (exact) mass is 438 g/mol. The Morgan fingerprint density at radius 2 is 1.73 bits per heavy atom. The summed E-state index contributed by atoms with van der Waals surface area (Å²) in [5, 5.41) is 2.91. The Hall–Kier alpha value is -2.75. The van der Waals surface area contributed by atoms with Crippen LogP contribution in [0, 0.1) is 0 Å². The maximum absolute atomic E-state index is 12.5. The second kappa shape index (κ2) is 10.3. The third-order valence-electron chi connectivity index (χ3n) is 3.87. The fourth-order valence-electron chi connectivity index (χ4n) is 2.45. The summed E-state index contributed by atoms with van der Waals surface area (Å²) in [5.74, 6) is -0.639. The van der Waals surface area contributed by atoms with Crippen molar-refractivity contribution >= 4 is 35.6 Å².